The standard InChI is InChI=1S/C19H25N3O8S/c1-12-2-4-13(5-3-12)31(26,27)9-8-28-11-29-17-16(24)14(10-23)30-18(17)22-7-6-15(20)21-19(22)25/h2-7,14,16-18,23-24H,8-11H2,1H3,(H2,20,21,25)/t14-,16-,17-,18-/m1/s1. The summed E-state index contributed by atoms with van der Waals surface area (Å²) in [6.45, 7) is 0.864. The van der Waals surface area contributed by atoms with Crippen molar-refractivity contribution in [3.63, 3.8) is 0 Å². The molecule has 11 nitrogen and oxygen atoms in total. The van der Waals surface area contributed by atoms with E-state index in [9.17, 15) is 23.4 Å². The molecule has 4 atom stereocenters. The summed E-state index contributed by atoms with van der Waals surface area (Å²) < 4.78 is 42.1. The Morgan fingerprint density at radius 2 is 1.97 bits per heavy atom. The van der Waals surface area contributed by atoms with Crippen LogP contribution in [0.5, 0.6) is 0 Å². The number of hydrogen-bond acceptors (Lipinski definition) is 10. The molecule has 0 radical (unpaired) electrons. The number of aromatic nitrogens is 2. The van der Waals surface area contributed by atoms with Gasteiger partial charge in [0, 0.05) is 6.20 Å². The molecule has 3 rings (SSSR count). The van der Waals surface area contributed by atoms with Crippen LogP contribution in [0, 0.1) is 6.92 Å². The van der Waals surface area contributed by atoms with Gasteiger partial charge < -0.3 is 30.2 Å². The van der Waals surface area contributed by atoms with Crippen molar-refractivity contribution in [1.82, 2.24) is 9.55 Å². The molecule has 12 heteroatoms. The Kier molecular flexibility index (Phi) is 7.41. The highest BCUT2D eigenvalue weighted by atomic mass is 32.2. The minimum absolute atomic E-state index is 0.0223. The fourth-order valence-corrected chi connectivity index (χ4v) is 4.23. The molecule has 31 heavy (non-hydrogen) atoms. The van der Waals surface area contributed by atoms with Gasteiger partial charge in [0.2, 0.25) is 0 Å². The van der Waals surface area contributed by atoms with Gasteiger partial charge in [-0.2, -0.15) is 4.98 Å². The van der Waals surface area contributed by atoms with Gasteiger partial charge in [0.1, 0.15) is 30.9 Å². The smallest absolute Gasteiger partial charge is 0.351 e. The van der Waals surface area contributed by atoms with Crippen LogP contribution >= 0.6 is 0 Å². The summed E-state index contributed by atoms with van der Waals surface area (Å²) in [4.78, 5) is 15.9. The molecule has 0 spiro atoms. The van der Waals surface area contributed by atoms with Crippen LogP contribution in [0.3, 0.4) is 0 Å². The number of aryl methyl sites for hydroxylation is 1. The number of aliphatic hydroxyl groups excluding tert-OH is 2. The molecule has 1 fully saturated rings. The average molecular weight is 455 g/mol. The number of sulfone groups is 1. The highest BCUT2D eigenvalue weighted by Gasteiger charge is 2.45. The number of hydrogen-bond donors (Lipinski definition) is 3. The van der Waals surface area contributed by atoms with Crippen molar-refractivity contribution < 1.29 is 32.8 Å². The van der Waals surface area contributed by atoms with Crippen LogP contribution in [0.25, 0.3) is 0 Å². The summed E-state index contributed by atoms with van der Waals surface area (Å²) in [6.07, 6.45) is -3.03. The van der Waals surface area contributed by atoms with Gasteiger partial charge >= 0.3 is 5.69 Å². The monoisotopic (exact) mass is 455 g/mol. The maximum atomic E-state index is 12.3. The summed E-state index contributed by atoms with van der Waals surface area (Å²) in [5.41, 5.74) is 5.72. The molecule has 0 unspecified atom stereocenters. The van der Waals surface area contributed by atoms with Crippen LogP contribution in [-0.2, 0) is 24.0 Å². The molecule has 1 aliphatic rings. The van der Waals surface area contributed by atoms with Crippen molar-refractivity contribution in [3.05, 3.63) is 52.6 Å². The second-order valence-corrected chi connectivity index (χ2v) is 9.18. The van der Waals surface area contributed by atoms with Gasteiger partial charge in [0.25, 0.3) is 0 Å². The van der Waals surface area contributed by atoms with E-state index >= 15 is 0 Å². The number of nitrogens with two attached hydrogens (primary N) is 1. The molecule has 170 valence electrons. The molecule has 4 N–H and O–H groups in total. The van der Waals surface area contributed by atoms with Crippen molar-refractivity contribution in [1.29, 1.82) is 0 Å². The van der Waals surface area contributed by atoms with Crippen LogP contribution in [-0.4, -0.2) is 72.3 Å². The maximum absolute atomic E-state index is 12.3. The van der Waals surface area contributed by atoms with Gasteiger partial charge in [-0.1, -0.05) is 17.7 Å². The van der Waals surface area contributed by atoms with Crippen LogP contribution < -0.4 is 11.4 Å². The Morgan fingerprint density at radius 3 is 2.61 bits per heavy atom. The third kappa shape index (κ3) is 5.47. The molecule has 0 saturated carbocycles. The molecule has 1 aromatic heterocycles. The van der Waals surface area contributed by atoms with Crippen molar-refractivity contribution in [2.45, 2.75) is 36.4 Å². The lowest BCUT2D eigenvalue weighted by atomic mass is 10.1. The molecule has 1 aliphatic heterocycles. The fourth-order valence-electron chi connectivity index (χ4n) is 3.11. The molecule has 1 aromatic carbocycles. The predicted molar refractivity (Wildman–Crippen MR) is 109 cm³/mol. The number of nitrogens with zero attached hydrogens (tertiary/aromatic N) is 2. The Labute approximate surface area is 178 Å². The summed E-state index contributed by atoms with van der Waals surface area (Å²) in [5, 5.41) is 19.8. The second kappa shape index (κ2) is 9.85. The minimum atomic E-state index is -3.52. The third-order valence-corrected chi connectivity index (χ3v) is 6.53. The van der Waals surface area contributed by atoms with Crippen LogP contribution in [0.4, 0.5) is 5.82 Å². The lowest BCUT2D eigenvalue weighted by molar-refractivity contribution is -0.137. The first-order valence-corrected chi connectivity index (χ1v) is 11.2. The number of anilines is 1. The van der Waals surface area contributed by atoms with Gasteiger partial charge in [-0.25, -0.2) is 13.2 Å². The third-order valence-electron chi connectivity index (χ3n) is 4.84. The van der Waals surface area contributed by atoms with E-state index in [4.69, 9.17) is 19.9 Å². The number of rotatable bonds is 9. The Bertz CT molecular complexity index is 1040. The first-order chi connectivity index (χ1) is 14.7. The molecular weight excluding hydrogens is 430 g/mol. The fraction of sp³-hybridized carbons (Fsp3) is 0.474. The topological polar surface area (TPSA) is 163 Å². The van der Waals surface area contributed by atoms with E-state index in [0.29, 0.717) is 0 Å². The molecular formula is C19H25N3O8S. The maximum Gasteiger partial charge on any atom is 0.351 e. The predicted octanol–water partition coefficient (Wildman–Crippen LogP) is -0.782. The van der Waals surface area contributed by atoms with Crippen molar-refractivity contribution >= 4 is 15.7 Å². The molecule has 2 aromatic rings. The van der Waals surface area contributed by atoms with E-state index in [1.807, 2.05) is 6.92 Å². The van der Waals surface area contributed by atoms with Crippen molar-refractivity contribution in [2.75, 3.05) is 31.5 Å². The van der Waals surface area contributed by atoms with Gasteiger partial charge in [0.15, 0.2) is 16.1 Å². The van der Waals surface area contributed by atoms with Gasteiger partial charge in [-0.05, 0) is 25.1 Å². The highest BCUT2D eigenvalue weighted by molar-refractivity contribution is 7.91. The molecule has 0 aliphatic carbocycles. The molecule has 0 amide bonds. The van der Waals surface area contributed by atoms with Crippen LogP contribution in [0.2, 0.25) is 0 Å². The van der Waals surface area contributed by atoms with E-state index in [-0.39, 0.29) is 29.9 Å². The number of ether oxygens (including phenoxy) is 3. The van der Waals surface area contributed by atoms with Gasteiger partial charge in [-0.3, -0.25) is 4.57 Å². The molecule has 0 bridgehead atoms. The summed E-state index contributed by atoms with van der Waals surface area (Å²) in [5.74, 6) is -0.234. The molecule has 2 heterocycles. The highest BCUT2D eigenvalue weighted by Crippen LogP contribution is 2.30. The summed E-state index contributed by atoms with van der Waals surface area (Å²) in [6, 6.07) is 7.87. The van der Waals surface area contributed by atoms with E-state index in [1.165, 1.54) is 24.4 Å². The summed E-state index contributed by atoms with van der Waals surface area (Å²) >= 11 is 0. The first kappa shape index (κ1) is 23.3. The number of aliphatic hydroxyl groups is 2. The Morgan fingerprint density at radius 1 is 1.26 bits per heavy atom. The van der Waals surface area contributed by atoms with Crippen molar-refractivity contribution in [2.24, 2.45) is 0 Å². The number of benzene rings is 1. The van der Waals surface area contributed by atoms with Gasteiger partial charge in [-0.15, -0.1) is 0 Å². The Hall–Kier alpha value is -2.35. The minimum Gasteiger partial charge on any atom is -0.394 e. The van der Waals surface area contributed by atoms with E-state index in [1.54, 1.807) is 12.1 Å². The summed E-state index contributed by atoms with van der Waals surface area (Å²) in [7, 11) is -3.52. The van der Waals surface area contributed by atoms with Crippen molar-refractivity contribution in [3.8, 4) is 0 Å². The first-order valence-electron chi connectivity index (χ1n) is 9.51. The quantitative estimate of drug-likeness (QED) is 0.323. The normalized spacial score (nSPS) is 23.8. The average Bonchev–Trinajstić information content (AvgIpc) is 3.03. The SMILES string of the molecule is Cc1ccc(S(=O)(=O)CCOCO[C@@H]2[C@H](O)[C@@H](CO)O[C@H]2n2ccc(N)nc2=O)cc1. The lowest BCUT2D eigenvalue weighted by Gasteiger charge is -2.22. The number of nitrogen functional groups attached to an aromatic ring is 1. The van der Waals surface area contributed by atoms with Crippen LogP contribution in [0.15, 0.2) is 46.2 Å². The zero-order valence-electron chi connectivity index (χ0n) is 16.8. The Balaban J connectivity index is 1.58. The van der Waals surface area contributed by atoms with E-state index in [2.05, 4.69) is 4.98 Å². The van der Waals surface area contributed by atoms with E-state index in [0.717, 1.165) is 10.1 Å². The van der Waals surface area contributed by atoms with Gasteiger partial charge in [0.05, 0.1) is 23.9 Å². The second-order valence-electron chi connectivity index (χ2n) is 7.07. The zero-order valence-corrected chi connectivity index (χ0v) is 17.6. The van der Waals surface area contributed by atoms with E-state index < -0.39 is 46.7 Å². The zero-order chi connectivity index (χ0) is 22.6. The van der Waals surface area contributed by atoms with Crippen LogP contribution in [0.1, 0.15) is 11.8 Å². The molecule has 1 saturated heterocycles. The largest absolute Gasteiger partial charge is 0.394 e. The lowest BCUT2D eigenvalue weighted by Crippen LogP contribution is -2.38.